The van der Waals surface area contributed by atoms with Gasteiger partial charge in [-0.2, -0.15) is 5.26 Å². The van der Waals surface area contributed by atoms with Crippen molar-refractivity contribution in [3.05, 3.63) is 61.2 Å². The molecule has 1 aromatic carbocycles. The summed E-state index contributed by atoms with van der Waals surface area (Å²) in [6.07, 6.45) is -0.0290. The zero-order valence-corrected chi connectivity index (χ0v) is 14.8. The molecular formula is C18H18FN3O4. The molecule has 0 atom stereocenters. The average Bonchev–Trinajstić information content (AvgIpc) is 2.58. The molecular weight excluding hydrogens is 341 g/mol. The summed E-state index contributed by atoms with van der Waals surface area (Å²) in [6.45, 7) is 6.53. The molecule has 0 aliphatic carbocycles. The molecule has 26 heavy (non-hydrogen) atoms. The summed E-state index contributed by atoms with van der Waals surface area (Å²) in [7, 11) is 0. The van der Waals surface area contributed by atoms with Crippen LogP contribution in [0.25, 0.3) is 5.69 Å². The third-order valence-corrected chi connectivity index (χ3v) is 3.80. The number of nitrogens with zero attached hydrogens (tertiary/aromatic N) is 2. The molecule has 0 aliphatic rings. The van der Waals surface area contributed by atoms with E-state index in [-0.39, 0.29) is 16.7 Å². The van der Waals surface area contributed by atoms with Crippen molar-refractivity contribution in [1.29, 1.82) is 5.26 Å². The molecule has 2 aromatic rings. The lowest BCUT2D eigenvalue weighted by Gasteiger charge is -2.13. The first-order chi connectivity index (χ1) is 12.2. The number of benzene rings is 1. The van der Waals surface area contributed by atoms with E-state index in [4.69, 9.17) is 10.00 Å². The molecule has 0 radical (unpaired) electrons. The van der Waals surface area contributed by atoms with E-state index >= 15 is 0 Å². The second-order valence-electron chi connectivity index (χ2n) is 5.94. The van der Waals surface area contributed by atoms with Crippen LogP contribution in [0.2, 0.25) is 0 Å². The minimum Gasteiger partial charge on any atom is -0.459 e. The van der Waals surface area contributed by atoms with Crippen LogP contribution in [0.3, 0.4) is 0 Å². The van der Waals surface area contributed by atoms with Crippen molar-refractivity contribution in [2.45, 2.75) is 40.2 Å². The van der Waals surface area contributed by atoms with Gasteiger partial charge in [-0.25, -0.2) is 18.5 Å². The van der Waals surface area contributed by atoms with Gasteiger partial charge in [-0.1, -0.05) is 6.92 Å². The molecule has 0 saturated heterocycles. The first-order valence-corrected chi connectivity index (χ1v) is 8.01. The maximum absolute atomic E-state index is 14.5. The Morgan fingerprint density at radius 1 is 1.38 bits per heavy atom. The number of H-pyrrole nitrogens is 1. The number of aromatic amines is 1. The third-order valence-electron chi connectivity index (χ3n) is 3.80. The maximum Gasteiger partial charge on any atom is 0.339 e. The second-order valence-corrected chi connectivity index (χ2v) is 5.94. The van der Waals surface area contributed by atoms with E-state index < -0.39 is 34.8 Å². The van der Waals surface area contributed by atoms with E-state index in [1.54, 1.807) is 26.8 Å². The van der Waals surface area contributed by atoms with E-state index in [9.17, 15) is 18.8 Å². The van der Waals surface area contributed by atoms with Gasteiger partial charge in [0.25, 0.3) is 5.56 Å². The fourth-order valence-corrected chi connectivity index (χ4v) is 2.51. The molecule has 0 aliphatic heterocycles. The van der Waals surface area contributed by atoms with Gasteiger partial charge in [0.15, 0.2) is 0 Å². The van der Waals surface area contributed by atoms with Crippen LogP contribution in [0, 0.1) is 24.1 Å². The summed E-state index contributed by atoms with van der Waals surface area (Å²) in [5, 5.41) is 9.15. The molecule has 0 spiro atoms. The Kier molecular flexibility index (Phi) is 5.41. The molecule has 0 amide bonds. The number of carbonyl (C=O) groups excluding carboxylic acids is 1. The van der Waals surface area contributed by atoms with Crippen molar-refractivity contribution in [1.82, 2.24) is 9.55 Å². The van der Waals surface area contributed by atoms with E-state index in [2.05, 4.69) is 4.98 Å². The topological polar surface area (TPSA) is 105 Å². The first-order valence-electron chi connectivity index (χ1n) is 8.01. The number of rotatable bonds is 4. The van der Waals surface area contributed by atoms with E-state index in [1.165, 1.54) is 6.92 Å². The van der Waals surface area contributed by atoms with Crippen LogP contribution >= 0.6 is 0 Å². The molecule has 2 rings (SSSR count). The van der Waals surface area contributed by atoms with E-state index in [0.29, 0.717) is 16.7 Å². The van der Waals surface area contributed by atoms with Crippen LogP contribution in [0.4, 0.5) is 4.39 Å². The third kappa shape index (κ3) is 3.42. The summed E-state index contributed by atoms with van der Waals surface area (Å²) in [5.41, 5.74) is -1.70. The smallest absolute Gasteiger partial charge is 0.339 e. The Morgan fingerprint density at radius 3 is 2.58 bits per heavy atom. The number of halogens is 1. The van der Waals surface area contributed by atoms with Crippen LogP contribution in [0.1, 0.15) is 48.0 Å². The predicted octanol–water partition coefficient (Wildman–Crippen LogP) is 1.97. The van der Waals surface area contributed by atoms with Crippen LogP contribution in [0.15, 0.2) is 21.7 Å². The van der Waals surface area contributed by atoms with Crippen LogP contribution in [-0.4, -0.2) is 21.6 Å². The molecule has 0 fully saturated rings. The highest BCUT2D eigenvalue weighted by Gasteiger charge is 2.21. The molecule has 1 aromatic heterocycles. The standard InChI is InChI=1S/C18H18FN3O4/c1-5-14-10(4)16(23)22(18(25)21-14)15-7-12(17(24)26-9(2)3)11(8-20)6-13(15)19/h6-7,9H,5H2,1-4H3,(H,21,25). The van der Waals surface area contributed by atoms with Crippen LogP contribution < -0.4 is 11.2 Å². The van der Waals surface area contributed by atoms with Crippen molar-refractivity contribution in [2.75, 3.05) is 0 Å². The van der Waals surface area contributed by atoms with Crippen molar-refractivity contribution < 1.29 is 13.9 Å². The highest BCUT2D eigenvalue weighted by Crippen LogP contribution is 2.19. The van der Waals surface area contributed by atoms with Gasteiger partial charge in [0.2, 0.25) is 0 Å². The van der Waals surface area contributed by atoms with Gasteiger partial charge in [-0.3, -0.25) is 4.79 Å². The monoisotopic (exact) mass is 359 g/mol. The average molecular weight is 359 g/mol. The van der Waals surface area contributed by atoms with Gasteiger partial charge < -0.3 is 9.72 Å². The summed E-state index contributed by atoms with van der Waals surface area (Å²) < 4.78 is 20.1. The number of hydrogen-bond acceptors (Lipinski definition) is 5. The van der Waals surface area contributed by atoms with Gasteiger partial charge in [0.1, 0.15) is 11.9 Å². The molecule has 1 N–H and O–H groups in total. The van der Waals surface area contributed by atoms with Crippen LogP contribution in [0.5, 0.6) is 0 Å². The predicted molar refractivity (Wildman–Crippen MR) is 92.0 cm³/mol. The lowest BCUT2D eigenvalue weighted by molar-refractivity contribution is 0.0377. The SMILES string of the molecule is CCc1[nH]c(=O)n(-c2cc(C(=O)OC(C)C)c(C#N)cc2F)c(=O)c1C. The molecule has 0 unspecified atom stereocenters. The molecule has 0 bridgehead atoms. The number of esters is 1. The number of carbonyl (C=O) groups is 1. The van der Waals surface area contributed by atoms with Gasteiger partial charge >= 0.3 is 11.7 Å². The summed E-state index contributed by atoms with van der Waals surface area (Å²) in [5.74, 6) is -1.82. The second kappa shape index (κ2) is 7.35. The highest BCUT2D eigenvalue weighted by atomic mass is 19.1. The normalized spacial score (nSPS) is 10.7. The van der Waals surface area contributed by atoms with Crippen molar-refractivity contribution in [3.8, 4) is 11.8 Å². The van der Waals surface area contributed by atoms with Crippen LogP contribution in [-0.2, 0) is 11.2 Å². The fourth-order valence-electron chi connectivity index (χ4n) is 2.51. The van der Waals surface area contributed by atoms with Crippen molar-refractivity contribution in [2.24, 2.45) is 0 Å². The number of aromatic nitrogens is 2. The highest BCUT2D eigenvalue weighted by molar-refractivity contribution is 5.93. The molecule has 1 heterocycles. The Balaban J connectivity index is 2.79. The number of nitriles is 1. The molecule has 136 valence electrons. The number of aryl methyl sites for hydroxylation is 1. The van der Waals surface area contributed by atoms with Gasteiger partial charge in [-0.15, -0.1) is 0 Å². The molecule has 8 heteroatoms. The van der Waals surface area contributed by atoms with E-state index in [0.717, 1.165) is 12.1 Å². The Hall–Kier alpha value is -3.21. The quantitative estimate of drug-likeness (QED) is 0.840. The zero-order chi connectivity index (χ0) is 19.6. The summed E-state index contributed by atoms with van der Waals surface area (Å²) in [4.78, 5) is 39.6. The lowest BCUT2D eigenvalue weighted by Crippen LogP contribution is -2.37. The largest absolute Gasteiger partial charge is 0.459 e. The zero-order valence-electron chi connectivity index (χ0n) is 14.8. The lowest BCUT2D eigenvalue weighted by atomic mass is 10.1. The number of ether oxygens (including phenoxy) is 1. The Bertz CT molecular complexity index is 1030. The first kappa shape index (κ1) is 19.1. The van der Waals surface area contributed by atoms with Gasteiger partial charge in [-0.05, 0) is 39.3 Å². The van der Waals surface area contributed by atoms with E-state index in [1.807, 2.05) is 0 Å². The minimum absolute atomic E-state index is 0.221. The summed E-state index contributed by atoms with van der Waals surface area (Å²) >= 11 is 0. The number of hydrogen-bond donors (Lipinski definition) is 1. The molecule has 7 nitrogen and oxygen atoms in total. The van der Waals surface area contributed by atoms with Gasteiger partial charge in [0, 0.05) is 11.3 Å². The molecule has 0 saturated carbocycles. The minimum atomic E-state index is -0.973. The van der Waals surface area contributed by atoms with Gasteiger partial charge in [0.05, 0.1) is 22.9 Å². The van der Waals surface area contributed by atoms with Crippen molar-refractivity contribution in [3.63, 3.8) is 0 Å². The number of nitrogens with one attached hydrogen (secondary N) is 1. The fraction of sp³-hybridized carbons (Fsp3) is 0.333. The Labute approximate surface area is 148 Å². The summed E-state index contributed by atoms with van der Waals surface area (Å²) in [6, 6.07) is 3.51. The maximum atomic E-state index is 14.5. The Morgan fingerprint density at radius 2 is 2.04 bits per heavy atom. The van der Waals surface area contributed by atoms with Crippen molar-refractivity contribution >= 4 is 5.97 Å².